The van der Waals surface area contributed by atoms with Crippen molar-refractivity contribution in [2.24, 2.45) is 0 Å². The minimum atomic E-state index is -0.115. The zero-order valence-corrected chi connectivity index (χ0v) is 17.6. The quantitative estimate of drug-likeness (QED) is 0.447. The summed E-state index contributed by atoms with van der Waals surface area (Å²) in [5.74, 6) is 1.26. The van der Waals surface area contributed by atoms with E-state index in [0.29, 0.717) is 16.6 Å². The smallest absolute Gasteiger partial charge is 0.244 e. The molecule has 1 aromatic heterocycles. The molecule has 30 heavy (non-hydrogen) atoms. The van der Waals surface area contributed by atoms with Crippen molar-refractivity contribution in [3.63, 3.8) is 0 Å². The molecule has 1 N–H and O–H groups in total. The van der Waals surface area contributed by atoms with E-state index in [9.17, 15) is 4.79 Å². The number of benzene rings is 3. The molecule has 0 saturated heterocycles. The largest absolute Gasteiger partial charge is 0.486 e. The number of rotatable bonds is 6. The summed E-state index contributed by atoms with van der Waals surface area (Å²) in [6.07, 6.45) is 0. The Labute approximate surface area is 180 Å². The van der Waals surface area contributed by atoms with E-state index in [2.05, 4.69) is 16.4 Å². The van der Waals surface area contributed by atoms with Crippen LogP contribution in [0.2, 0.25) is 5.02 Å². The van der Waals surface area contributed by atoms with Gasteiger partial charge in [0.25, 0.3) is 0 Å². The van der Waals surface area contributed by atoms with Crippen LogP contribution in [0, 0.1) is 13.8 Å². The number of fused-ring (bicyclic) bond motifs is 1. The number of halogens is 1. The molecule has 152 valence electrons. The summed E-state index contributed by atoms with van der Waals surface area (Å²) in [5.41, 5.74) is 4.72. The molecule has 0 radical (unpaired) electrons. The summed E-state index contributed by atoms with van der Waals surface area (Å²) < 4.78 is 7.77. The van der Waals surface area contributed by atoms with Crippen molar-refractivity contribution in [3.05, 3.63) is 88.7 Å². The van der Waals surface area contributed by atoms with Crippen molar-refractivity contribution in [2.45, 2.75) is 27.0 Å². The molecule has 0 bridgehead atoms. The molecular weight excluding hydrogens is 398 g/mol. The molecule has 0 spiro atoms. The summed E-state index contributed by atoms with van der Waals surface area (Å²) >= 11 is 5.93. The van der Waals surface area contributed by atoms with Crippen molar-refractivity contribution in [1.29, 1.82) is 0 Å². The molecule has 0 aliphatic rings. The summed E-state index contributed by atoms with van der Waals surface area (Å²) in [4.78, 5) is 17.5. The van der Waals surface area contributed by atoms with E-state index in [1.54, 1.807) is 12.1 Å². The number of ether oxygens (including phenoxy) is 1. The number of carbonyl (C=O) groups is 1. The maximum absolute atomic E-state index is 12.8. The number of imidazole rings is 1. The molecule has 1 amide bonds. The van der Waals surface area contributed by atoms with Gasteiger partial charge in [-0.3, -0.25) is 4.79 Å². The van der Waals surface area contributed by atoms with E-state index in [1.807, 2.05) is 66.9 Å². The van der Waals surface area contributed by atoms with Gasteiger partial charge in [-0.15, -0.1) is 0 Å². The lowest BCUT2D eigenvalue weighted by Gasteiger charge is -2.12. The van der Waals surface area contributed by atoms with Crippen LogP contribution in [-0.2, 0) is 17.9 Å². The fourth-order valence-corrected chi connectivity index (χ4v) is 3.61. The predicted octanol–water partition coefficient (Wildman–Crippen LogP) is 5.52. The summed E-state index contributed by atoms with van der Waals surface area (Å²) in [5, 5.41) is 3.64. The second-order valence-corrected chi connectivity index (χ2v) is 7.71. The van der Waals surface area contributed by atoms with E-state index in [0.717, 1.165) is 27.8 Å². The van der Waals surface area contributed by atoms with Crippen LogP contribution in [0.15, 0.2) is 66.7 Å². The Morgan fingerprint density at radius 2 is 1.73 bits per heavy atom. The molecule has 3 aromatic carbocycles. The maximum Gasteiger partial charge on any atom is 0.244 e. The Balaban J connectivity index is 1.56. The first-order chi connectivity index (χ1) is 14.5. The van der Waals surface area contributed by atoms with Gasteiger partial charge in [0.2, 0.25) is 5.91 Å². The highest BCUT2D eigenvalue weighted by Gasteiger charge is 2.14. The number of anilines is 1. The van der Waals surface area contributed by atoms with Crippen LogP contribution in [0.25, 0.3) is 11.0 Å². The van der Waals surface area contributed by atoms with Crippen LogP contribution >= 0.6 is 11.6 Å². The third kappa shape index (κ3) is 4.63. The van der Waals surface area contributed by atoms with Crippen molar-refractivity contribution in [2.75, 3.05) is 5.32 Å². The Hall–Kier alpha value is -3.31. The zero-order valence-electron chi connectivity index (χ0n) is 16.9. The van der Waals surface area contributed by atoms with E-state index >= 15 is 0 Å². The minimum Gasteiger partial charge on any atom is -0.486 e. The molecule has 0 fully saturated rings. The van der Waals surface area contributed by atoms with Crippen LogP contribution in [0.5, 0.6) is 5.75 Å². The van der Waals surface area contributed by atoms with E-state index in [4.69, 9.17) is 16.3 Å². The number of nitrogens with zero attached hydrogens (tertiary/aromatic N) is 2. The number of aryl methyl sites for hydroxylation is 2. The number of hydrogen-bond donors (Lipinski definition) is 1. The topological polar surface area (TPSA) is 56.2 Å². The molecule has 0 aliphatic heterocycles. The average molecular weight is 420 g/mol. The summed E-state index contributed by atoms with van der Waals surface area (Å²) in [7, 11) is 0. The Morgan fingerprint density at radius 3 is 2.47 bits per heavy atom. The fraction of sp³-hybridized carbons (Fsp3) is 0.167. The monoisotopic (exact) mass is 419 g/mol. The van der Waals surface area contributed by atoms with E-state index < -0.39 is 0 Å². The first-order valence-electron chi connectivity index (χ1n) is 9.68. The number of carbonyl (C=O) groups excluding carboxylic acids is 1. The van der Waals surface area contributed by atoms with Gasteiger partial charge in [0.1, 0.15) is 24.7 Å². The zero-order chi connectivity index (χ0) is 21.1. The van der Waals surface area contributed by atoms with Gasteiger partial charge in [0.15, 0.2) is 0 Å². The molecule has 1 heterocycles. The minimum absolute atomic E-state index is 0.115. The van der Waals surface area contributed by atoms with Gasteiger partial charge in [0.05, 0.1) is 11.0 Å². The van der Waals surface area contributed by atoms with Gasteiger partial charge >= 0.3 is 0 Å². The highest BCUT2D eigenvalue weighted by Crippen LogP contribution is 2.20. The molecule has 0 saturated carbocycles. The normalized spacial score (nSPS) is 10.9. The summed E-state index contributed by atoms with van der Waals surface area (Å²) in [6, 6.07) is 20.9. The lowest BCUT2D eigenvalue weighted by molar-refractivity contribution is -0.116. The number of amides is 1. The van der Waals surface area contributed by atoms with Gasteiger partial charge in [-0.2, -0.15) is 0 Å². The SMILES string of the molecule is Cc1cc(C)cc(NC(=O)Cn2c(COc3ccc(Cl)cc3)nc3ccccc32)c1. The van der Waals surface area contributed by atoms with Gasteiger partial charge in [-0.1, -0.05) is 29.8 Å². The Morgan fingerprint density at radius 1 is 1.03 bits per heavy atom. The number of para-hydroxylation sites is 2. The van der Waals surface area contributed by atoms with Crippen molar-refractivity contribution < 1.29 is 9.53 Å². The second-order valence-electron chi connectivity index (χ2n) is 7.27. The van der Waals surface area contributed by atoms with Gasteiger partial charge in [-0.05, 0) is 73.5 Å². The Kier molecular flexibility index (Phi) is 5.72. The molecule has 0 unspecified atom stereocenters. The average Bonchev–Trinajstić information content (AvgIpc) is 3.04. The molecule has 0 atom stereocenters. The maximum atomic E-state index is 12.8. The predicted molar refractivity (Wildman–Crippen MR) is 120 cm³/mol. The lowest BCUT2D eigenvalue weighted by Crippen LogP contribution is -2.21. The molecule has 4 aromatic rings. The molecule has 4 rings (SSSR count). The number of aromatic nitrogens is 2. The van der Waals surface area contributed by atoms with Gasteiger partial charge in [-0.25, -0.2) is 4.98 Å². The first-order valence-corrected chi connectivity index (χ1v) is 10.1. The third-order valence-corrected chi connectivity index (χ3v) is 4.97. The Bertz CT molecular complexity index is 1180. The van der Waals surface area contributed by atoms with Crippen LogP contribution < -0.4 is 10.1 Å². The highest BCUT2D eigenvalue weighted by atomic mass is 35.5. The second kappa shape index (κ2) is 8.59. The van der Waals surface area contributed by atoms with Gasteiger partial charge < -0.3 is 14.6 Å². The first kappa shape index (κ1) is 20.0. The van der Waals surface area contributed by atoms with E-state index in [1.165, 1.54) is 0 Å². The molecule has 5 nitrogen and oxygen atoms in total. The van der Waals surface area contributed by atoms with Crippen LogP contribution in [-0.4, -0.2) is 15.5 Å². The molecular formula is C24H22ClN3O2. The summed E-state index contributed by atoms with van der Waals surface area (Å²) in [6.45, 7) is 4.41. The van der Waals surface area contributed by atoms with Crippen LogP contribution in [0.1, 0.15) is 17.0 Å². The number of nitrogens with one attached hydrogen (secondary N) is 1. The highest BCUT2D eigenvalue weighted by molar-refractivity contribution is 6.30. The molecule has 0 aliphatic carbocycles. The van der Waals surface area contributed by atoms with Crippen molar-refractivity contribution in [3.8, 4) is 5.75 Å². The van der Waals surface area contributed by atoms with Gasteiger partial charge in [0, 0.05) is 10.7 Å². The molecule has 6 heteroatoms. The number of hydrogen-bond acceptors (Lipinski definition) is 3. The van der Waals surface area contributed by atoms with Crippen LogP contribution in [0.3, 0.4) is 0 Å². The van der Waals surface area contributed by atoms with Crippen LogP contribution in [0.4, 0.5) is 5.69 Å². The van der Waals surface area contributed by atoms with Crippen molar-refractivity contribution >= 4 is 34.2 Å². The lowest BCUT2D eigenvalue weighted by atomic mass is 10.1. The van der Waals surface area contributed by atoms with E-state index in [-0.39, 0.29) is 19.1 Å². The standard InChI is InChI=1S/C24H22ClN3O2/c1-16-11-17(2)13-19(12-16)26-24(29)14-28-22-6-4-3-5-21(22)27-23(28)15-30-20-9-7-18(25)8-10-20/h3-13H,14-15H2,1-2H3,(H,26,29). The third-order valence-electron chi connectivity index (χ3n) is 4.72. The fourth-order valence-electron chi connectivity index (χ4n) is 3.48. The van der Waals surface area contributed by atoms with Crippen molar-refractivity contribution in [1.82, 2.24) is 9.55 Å².